The van der Waals surface area contributed by atoms with Crippen LogP contribution in [0.15, 0.2) is 40.6 Å². The first kappa shape index (κ1) is 7.31. The number of benzene rings is 1. The predicted octanol–water partition coefficient (Wildman–Crippen LogP) is 2.62. The maximum atomic E-state index is 4.96. The highest BCUT2D eigenvalue weighted by Gasteiger charge is 2.11. The average molecular weight is 173 g/mol. The SMILES string of the molecule is S=C1N=N[C]=C1c1ccccc1. The van der Waals surface area contributed by atoms with E-state index >= 15 is 0 Å². The first-order valence-corrected chi connectivity index (χ1v) is 3.92. The van der Waals surface area contributed by atoms with Crippen LogP contribution in [0.4, 0.5) is 0 Å². The lowest BCUT2D eigenvalue weighted by molar-refractivity contribution is 1.31. The van der Waals surface area contributed by atoms with Crippen molar-refractivity contribution in [1.82, 2.24) is 0 Å². The third kappa shape index (κ3) is 1.19. The zero-order valence-electron chi connectivity index (χ0n) is 6.19. The molecule has 2 rings (SSSR count). The van der Waals surface area contributed by atoms with Crippen LogP contribution < -0.4 is 0 Å². The van der Waals surface area contributed by atoms with Crippen LogP contribution in [0.1, 0.15) is 5.56 Å². The minimum atomic E-state index is 0.515. The fourth-order valence-corrected chi connectivity index (χ4v) is 1.22. The largest absolute Gasteiger partial charge is 0.158 e. The van der Waals surface area contributed by atoms with Gasteiger partial charge in [-0.1, -0.05) is 42.5 Å². The van der Waals surface area contributed by atoms with Crippen molar-refractivity contribution in [3.05, 3.63) is 42.1 Å². The van der Waals surface area contributed by atoms with Crippen LogP contribution in [-0.2, 0) is 0 Å². The highest BCUT2D eigenvalue weighted by Crippen LogP contribution is 2.20. The predicted molar refractivity (Wildman–Crippen MR) is 50.5 cm³/mol. The van der Waals surface area contributed by atoms with Crippen LogP contribution >= 0.6 is 12.2 Å². The topological polar surface area (TPSA) is 24.7 Å². The van der Waals surface area contributed by atoms with E-state index in [4.69, 9.17) is 12.2 Å². The van der Waals surface area contributed by atoms with Gasteiger partial charge < -0.3 is 0 Å². The maximum absolute atomic E-state index is 4.96. The summed E-state index contributed by atoms with van der Waals surface area (Å²) in [6.45, 7) is 0. The molecular weight excluding hydrogens is 168 g/mol. The van der Waals surface area contributed by atoms with Gasteiger partial charge in [-0.05, 0) is 5.56 Å². The quantitative estimate of drug-likeness (QED) is 0.599. The van der Waals surface area contributed by atoms with E-state index in [1.807, 2.05) is 30.3 Å². The highest BCUT2D eigenvalue weighted by molar-refractivity contribution is 7.81. The number of hydrogen-bond donors (Lipinski definition) is 0. The summed E-state index contributed by atoms with van der Waals surface area (Å²) < 4.78 is 0. The van der Waals surface area contributed by atoms with Crippen LogP contribution in [0.25, 0.3) is 5.57 Å². The second kappa shape index (κ2) is 2.95. The third-order valence-electron chi connectivity index (χ3n) is 1.58. The van der Waals surface area contributed by atoms with E-state index in [0.29, 0.717) is 4.99 Å². The Bertz CT molecular complexity index is 365. The van der Waals surface area contributed by atoms with E-state index in [1.165, 1.54) is 0 Å². The molecule has 1 aromatic carbocycles. The van der Waals surface area contributed by atoms with E-state index in [1.54, 1.807) is 0 Å². The summed E-state index contributed by atoms with van der Waals surface area (Å²) in [4.78, 5) is 0.515. The molecule has 12 heavy (non-hydrogen) atoms. The van der Waals surface area contributed by atoms with E-state index in [0.717, 1.165) is 11.1 Å². The summed E-state index contributed by atoms with van der Waals surface area (Å²) in [7, 11) is 0. The number of azo groups is 1. The standard InChI is InChI=1S/C9H5N2S/c12-9-8(6-10-11-9)7-4-2-1-3-5-7/h1-5H. The molecule has 3 heteroatoms. The fraction of sp³-hybridized carbons (Fsp3) is 0. The number of hydrogen-bond acceptors (Lipinski definition) is 2. The molecule has 2 nitrogen and oxygen atoms in total. The van der Waals surface area contributed by atoms with Gasteiger partial charge in [0.05, 0.1) is 5.57 Å². The highest BCUT2D eigenvalue weighted by atomic mass is 32.1. The van der Waals surface area contributed by atoms with Crippen molar-refractivity contribution in [3.8, 4) is 0 Å². The number of thiocarbonyl (C=S) groups is 1. The van der Waals surface area contributed by atoms with Gasteiger partial charge in [0.1, 0.15) is 6.20 Å². The molecule has 0 N–H and O–H groups in total. The Morgan fingerprint density at radius 2 is 1.92 bits per heavy atom. The molecule has 1 radical (unpaired) electrons. The van der Waals surface area contributed by atoms with E-state index in [2.05, 4.69) is 16.4 Å². The molecule has 0 atom stereocenters. The zero-order valence-corrected chi connectivity index (χ0v) is 7.01. The van der Waals surface area contributed by atoms with E-state index < -0.39 is 0 Å². The van der Waals surface area contributed by atoms with Gasteiger partial charge in [-0.25, -0.2) is 0 Å². The first-order valence-electron chi connectivity index (χ1n) is 3.51. The lowest BCUT2D eigenvalue weighted by Gasteiger charge is -1.97. The van der Waals surface area contributed by atoms with Gasteiger partial charge in [0.25, 0.3) is 0 Å². The van der Waals surface area contributed by atoms with Crippen molar-refractivity contribution in [2.45, 2.75) is 0 Å². The Balaban J connectivity index is 2.40. The molecule has 1 heterocycles. The molecule has 0 aliphatic carbocycles. The molecule has 57 valence electrons. The van der Waals surface area contributed by atoms with E-state index in [-0.39, 0.29) is 0 Å². The maximum Gasteiger partial charge on any atom is 0.158 e. The normalized spacial score (nSPS) is 15.0. The first-order chi connectivity index (χ1) is 5.88. The van der Waals surface area contributed by atoms with Gasteiger partial charge in [-0.3, -0.25) is 0 Å². The molecule has 0 saturated carbocycles. The lowest BCUT2D eigenvalue weighted by atomic mass is 10.1. The van der Waals surface area contributed by atoms with Gasteiger partial charge in [0, 0.05) is 0 Å². The Hall–Kier alpha value is -1.35. The van der Waals surface area contributed by atoms with Crippen molar-refractivity contribution >= 4 is 22.8 Å². The van der Waals surface area contributed by atoms with Gasteiger partial charge in [-0.2, -0.15) is 0 Å². The van der Waals surface area contributed by atoms with Crippen LogP contribution in [0.3, 0.4) is 0 Å². The molecule has 0 unspecified atom stereocenters. The van der Waals surface area contributed by atoms with Crippen LogP contribution in [0, 0.1) is 6.20 Å². The summed E-state index contributed by atoms with van der Waals surface area (Å²) in [6, 6.07) is 9.78. The summed E-state index contributed by atoms with van der Waals surface area (Å²) in [5.74, 6) is 0. The van der Waals surface area contributed by atoms with Crippen LogP contribution in [0.5, 0.6) is 0 Å². The van der Waals surface area contributed by atoms with E-state index in [9.17, 15) is 0 Å². The van der Waals surface area contributed by atoms with Gasteiger partial charge in [0.2, 0.25) is 0 Å². The monoisotopic (exact) mass is 173 g/mol. The average Bonchev–Trinajstić information content (AvgIpc) is 2.53. The Labute approximate surface area is 75.6 Å². The minimum absolute atomic E-state index is 0.515. The number of rotatable bonds is 1. The summed E-state index contributed by atoms with van der Waals surface area (Å²) in [5.41, 5.74) is 1.83. The lowest BCUT2D eigenvalue weighted by Crippen LogP contribution is -1.89. The van der Waals surface area contributed by atoms with Crippen molar-refractivity contribution in [2.24, 2.45) is 10.2 Å². The van der Waals surface area contributed by atoms with Gasteiger partial charge >= 0.3 is 0 Å². The number of nitrogens with zero attached hydrogens (tertiary/aromatic N) is 2. The zero-order chi connectivity index (χ0) is 8.39. The van der Waals surface area contributed by atoms with Crippen molar-refractivity contribution in [3.63, 3.8) is 0 Å². The molecule has 0 saturated heterocycles. The molecule has 0 amide bonds. The summed E-state index contributed by atoms with van der Waals surface area (Å²) >= 11 is 4.96. The Morgan fingerprint density at radius 3 is 2.50 bits per heavy atom. The second-order valence-electron chi connectivity index (χ2n) is 2.36. The molecular formula is C9H5N2S. The van der Waals surface area contributed by atoms with Crippen molar-refractivity contribution < 1.29 is 0 Å². The molecule has 0 fully saturated rings. The summed E-state index contributed by atoms with van der Waals surface area (Å²) in [5, 5.41) is 7.32. The molecule has 1 aliphatic rings. The smallest absolute Gasteiger partial charge is 0.147 e. The third-order valence-corrected chi connectivity index (χ3v) is 1.86. The Kier molecular flexibility index (Phi) is 1.80. The Morgan fingerprint density at radius 1 is 1.17 bits per heavy atom. The molecule has 1 aromatic rings. The fourth-order valence-electron chi connectivity index (χ4n) is 1.01. The van der Waals surface area contributed by atoms with Crippen LogP contribution in [-0.4, -0.2) is 4.99 Å². The molecule has 0 bridgehead atoms. The van der Waals surface area contributed by atoms with Gasteiger partial charge in [0.15, 0.2) is 4.99 Å². The second-order valence-corrected chi connectivity index (χ2v) is 2.74. The molecule has 0 aromatic heterocycles. The van der Waals surface area contributed by atoms with Crippen molar-refractivity contribution in [2.75, 3.05) is 0 Å². The molecule has 0 spiro atoms. The van der Waals surface area contributed by atoms with Crippen molar-refractivity contribution in [1.29, 1.82) is 0 Å². The summed E-state index contributed by atoms with van der Waals surface area (Å²) in [6.07, 6.45) is 2.76. The minimum Gasteiger partial charge on any atom is -0.147 e. The van der Waals surface area contributed by atoms with Crippen LogP contribution in [0.2, 0.25) is 0 Å². The van der Waals surface area contributed by atoms with Gasteiger partial charge in [-0.15, -0.1) is 10.2 Å². The molecule has 1 aliphatic heterocycles.